The van der Waals surface area contributed by atoms with E-state index in [-0.39, 0.29) is 0 Å². The van der Waals surface area contributed by atoms with Gasteiger partial charge in [0.1, 0.15) is 5.65 Å². The quantitative estimate of drug-likeness (QED) is 0.669. The second-order valence-electron chi connectivity index (χ2n) is 3.86. The molecule has 2 heterocycles. The van der Waals surface area contributed by atoms with Crippen molar-refractivity contribution in [2.24, 2.45) is 0 Å². The molecule has 0 amide bonds. The Hall–Kier alpha value is -1.28. The Morgan fingerprint density at radius 2 is 2.40 bits per heavy atom. The second kappa shape index (κ2) is 3.38. The lowest BCUT2D eigenvalue weighted by molar-refractivity contribution is 0.606. The lowest BCUT2D eigenvalue weighted by atomic mass is 10.2. The normalized spacial score (nSPS) is 20.2. The lowest BCUT2D eigenvalue weighted by Gasteiger charge is -2.10. The zero-order valence-corrected chi connectivity index (χ0v) is 8.98. The molecule has 1 aliphatic carbocycles. The summed E-state index contributed by atoms with van der Waals surface area (Å²) in [5.41, 5.74) is 1.02. The van der Waals surface area contributed by atoms with Gasteiger partial charge < -0.3 is 4.57 Å². The predicted molar refractivity (Wildman–Crippen MR) is 62.2 cm³/mol. The van der Waals surface area contributed by atoms with Gasteiger partial charge in [-0.05, 0) is 25.0 Å². The van der Waals surface area contributed by atoms with Crippen LogP contribution < -0.4 is 0 Å². The van der Waals surface area contributed by atoms with Gasteiger partial charge in [-0.15, -0.1) is 0 Å². The molecule has 0 bridgehead atoms. The van der Waals surface area contributed by atoms with Crippen LogP contribution in [0.15, 0.2) is 36.7 Å². The maximum Gasteiger partial charge on any atom is 0.140 e. The van der Waals surface area contributed by atoms with Gasteiger partial charge in [0.05, 0.1) is 11.1 Å². The highest BCUT2D eigenvalue weighted by Crippen LogP contribution is 2.27. The third-order valence-corrected chi connectivity index (χ3v) is 3.07. The van der Waals surface area contributed by atoms with Crippen LogP contribution in [0.5, 0.6) is 0 Å². The smallest absolute Gasteiger partial charge is 0.140 e. The van der Waals surface area contributed by atoms with Gasteiger partial charge in [-0.1, -0.05) is 23.8 Å². The molecule has 1 atom stereocenters. The Bertz CT molecular complexity index is 527. The molecule has 0 aliphatic heterocycles. The molecule has 2 aromatic heterocycles. The molecular formula is C12H11ClN2. The third-order valence-electron chi connectivity index (χ3n) is 2.87. The van der Waals surface area contributed by atoms with Crippen molar-refractivity contribution in [3.8, 4) is 0 Å². The van der Waals surface area contributed by atoms with Crippen molar-refractivity contribution in [1.29, 1.82) is 0 Å². The van der Waals surface area contributed by atoms with Crippen LogP contribution in [0.2, 0.25) is 5.02 Å². The van der Waals surface area contributed by atoms with E-state index in [4.69, 9.17) is 11.6 Å². The summed E-state index contributed by atoms with van der Waals surface area (Å²) < 4.78 is 2.22. The molecule has 2 nitrogen and oxygen atoms in total. The zero-order valence-electron chi connectivity index (χ0n) is 8.23. The van der Waals surface area contributed by atoms with Crippen LogP contribution in [0.25, 0.3) is 11.0 Å². The highest BCUT2D eigenvalue weighted by molar-refractivity contribution is 6.31. The Balaban J connectivity index is 2.15. The summed E-state index contributed by atoms with van der Waals surface area (Å²) in [4.78, 5) is 4.38. The molecule has 0 radical (unpaired) electrons. The molecule has 0 saturated heterocycles. The highest BCUT2D eigenvalue weighted by Gasteiger charge is 2.13. The maximum absolute atomic E-state index is 5.90. The first-order valence-corrected chi connectivity index (χ1v) is 5.51. The fourth-order valence-corrected chi connectivity index (χ4v) is 2.30. The first-order valence-electron chi connectivity index (χ1n) is 5.13. The highest BCUT2D eigenvalue weighted by atomic mass is 35.5. The summed E-state index contributed by atoms with van der Waals surface area (Å²) in [5.74, 6) is 0. The molecular weight excluding hydrogens is 208 g/mol. The van der Waals surface area contributed by atoms with E-state index in [1.807, 2.05) is 6.07 Å². The summed E-state index contributed by atoms with van der Waals surface area (Å²) >= 11 is 5.90. The number of rotatable bonds is 1. The van der Waals surface area contributed by atoms with Crippen LogP contribution >= 0.6 is 11.6 Å². The molecule has 2 aromatic rings. The summed E-state index contributed by atoms with van der Waals surface area (Å²) in [6, 6.07) is 4.50. The molecule has 1 aliphatic rings. The first kappa shape index (κ1) is 8.98. The molecule has 3 heteroatoms. The van der Waals surface area contributed by atoms with Crippen LogP contribution in [0, 0.1) is 0 Å². The van der Waals surface area contributed by atoms with Gasteiger partial charge in [-0.3, -0.25) is 0 Å². The van der Waals surface area contributed by atoms with Crippen molar-refractivity contribution < 1.29 is 0 Å². The minimum Gasteiger partial charge on any atom is -0.326 e. The predicted octanol–water partition coefficient (Wildman–Crippen LogP) is 3.58. The number of hydrogen-bond donors (Lipinski definition) is 0. The SMILES string of the molecule is Clc1cnc2c(ccn2C2C=CCC2)c1. The van der Waals surface area contributed by atoms with Crippen molar-refractivity contribution in [3.63, 3.8) is 0 Å². The van der Waals surface area contributed by atoms with Crippen molar-refractivity contribution >= 4 is 22.6 Å². The Morgan fingerprint density at radius 1 is 1.47 bits per heavy atom. The van der Waals surface area contributed by atoms with Crippen LogP contribution in [0.4, 0.5) is 0 Å². The molecule has 76 valence electrons. The number of hydrogen-bond acceptors (Lipinski definition) is 1. The molecule has 0 spiro atoms. The monoisotopic (exact) mass is 218 g/mol. The van der Waals surface area contributed by atoms with Gasteiger partial charge in [0.15, 0.2) is 0 Å². The standard InChI is InChI=1S/C12H11ClN2/c13-10-7-9-5-6-15(12(9)14-8-10)11-3-1-2-4-11/h1,3,5-8,11H,2,4H2. The van der Waals surface area contributed by atoms with Gasteiger partial charge in [-0.2, -0.15) is 0 Å². The van der Waals surface area contributed by atoms with E-state index in [1.54, 1.807) is 6.20 Å². The largest absolute Gasteiger partial charge is 0.326 e. The topological polar surface area (TPSA) is 17.8 Å². The Kier molecular flexibility index (Phi) is 2.03. The number of pyridine rings is 1. The molecule has 0 aromatic carbocycles. The van der Waals surface area contributed by atoms with Crippen molar-refractivity contribution in [3.05, 3.63) is 41.7 Å². The van der Waals surface area contributed by atoms with E-state index >= 15 is 0 Å². The first-order chi connectivity index (χ1) is 7.34. The average molecular weight is 219 g/mol. The van der Waals surface area contributed by atoms with Gasteiger partial charge in [-0.25, -0.2) is 4.98 Å². The summed E-state index contributed by atoms with van der Waals surface area (Å²) in [6.07, 6.45) is 10.6. The van der Waals surface area contributed by atoms with Gasteiger partial charge in [0.25, 0.3) is 0 Å². The van der Waals surface area contributed by atoms with E-state index in [0.717, 1.165) is 17.5 Å². The van der Waals surface area contributed by atoms with E-state index in [1.165, 1.54) is 6.42 Å². The van der Waals surface area contributed by atoms with E-state index in [9.17, 15) is 0 Å². The minimum atomic E-state index is 0.469. The fraction of sp³-hybridized carbons (Fsp3) is 0.250. The minimum absolute atomic E-state index is 0.469. The van der Waals surface area contributed by atoms with Gasteiger partial charge in [0.2, 0.25) is 0 Å². The summed E-state index contributed by atoms with van der Waals surface area (Å²) in [5, 5.41) is 1.81. The Morgan fingerprint density at radius 3 is 3.20 bits per heavy atom. The third kappa shape index (κ3) is 1.45. The van der Waals surface area contributed by atoms with Crippen molar-refractivity contribution in [2.75, 3.05) is 0 Å². The average Bonchev–Trinajstić information content (AvgIpc) is 2.82. The number of allylic oxidation sites excluding steroid dienone is 2. The molecule has 15 heavy (non-hydrogen) atoms. The molecule has 3 rings (SSSR count). The number of nitrogens with zero attached hydrogens (tertiary/aromatic N) is 2. The van der Waals surface area contributed by atoms with Crippen LogP contribution in [0.1, 0.15) is 18.9 Å². The number of halogens is 1. The Labute approximate surface area is 93.2 Å². The number of aromatic nitrogens is 2. The molecule has 0 saturated carbocycles. The van der Waals surface area contributed by atoms with Crippen molar-refractivity contribution in [1.82, 2.24) is 9.55 Å². The van der Waals surface area contributed by atoms with E-state index in [0.29, 0.717) is 11.1 Å². The zero-order chi connectivity index (χ0) is 10.3. The second-order valence-corrected chi connectivity index (χ2v) is 4.30. The molecule has 1 unspecified atom stereocenters. The van der Waals surface area contributed by atoms with Crippen molar-refractivity contribution in [2.45, 2.75) is 18.9 Å². The van der Waals surface area contributed by atoms with Crippen LogP contribution in [0.3, 0.4) is 0 Å². The van der Waals surface area contributed by atoms with Crippen LogP contribution in [-0.4, -0.2) is 9.55 Å². The van der Waals surface area contributed by atoms with E-state index in [2.05, 4.69) is 34.0 Å². The lowest BCUT2D eigenvalue weighted by Crippen LogP contribution is -2.02. The van der Waals surface area contributed by atoms with Gasteiger partial charge >= 0.3 is 0 Å². The maximum atomic E-state index is 5.90. The summed E-state index contributed by atoms with van der Waals surface area (Å²) in [7, 11) is 0. The van der Waals surface area contributed by atoms with E-state index < -0.39 is 0 Å². The summed E-state index contributed by atoms with van der Waals surface area (Å²) in [6.45, 7) is 0. The molecule has 0 N–H and O–H groups in total. The fourth-order valence-electron chi connectivity index (χ4n) is 2.13. The van der Waals surface area contributed by atoms with Gasteiger partial charge in [0, 0.05) is 17.8 Å². The van der Waals surface area contributed by atoms with Crippen LogP contribution in [-0.2, 0) is 0 Å². The number of fused-ring (bicyclic) bond motifs is 1. The molecule has 0 fully saturated rings.